The number of imidazole rings is 1. The first-order valence-electron chi connectivity index (χ1n) is 7.27. The molecule has 118 valence electrons. The molecular formula is C15H18FN3O2S. The zero-order chi connectivity index (χ0) is 15.6. The van der Waals surface area contributed by atoms with Gasteiger partial charge in [0.2, 0.25) is 10.0 Å². The highest BCUT2D eigenvalue weighted by Gasteiger charge is 2.29. The highest BCUT2D eigenvalue weighted by molar-refractivity contribution is 7.89. The van der Waals surface area contributed by atoms with Gasteiger partial charge in [0.25, 0.3) is 0 Å². The van der Waals surface area contributed by atoms with Gasteiger partial charge in [-0.15, -0.1) is 0 Å². The molecule has 5 nitrogen and oxygen atoms in total. The molecule has 0 saturated carbocycles. The van der Waals surface area contributed by atoms with E-state index in [1.165, 1.54) is 22.5 Å². The zero-order valence-corrected chi connectivity index (χ0v) is 12.9. The monoisotopic (exact) mass is 323 g/mol. The van der Waals surface area contributed by atoms with E-state index in [4.69, 9.17) is 0 Å². The number of hydrogen-bond acceptors (Lipinski definition) is 3. The molecule has 1 saturated heterocycles. The number of piperidine rings is 1. The van der Waals surface area contributed by atoms with Crippen LogP contribution in [0.1, 0.15) is 12.8 Å². The first kappa shape index (κ1) is 15.2. The second-order valence-corrected chi connectivity index (χ2v) is 7.50. The van der Waals surface area contributed by atoms with E-state index in [1.807, 2.05) is 10.8 Å². The standard InChI is InChI=1S/C15H18FN3O2S/c16-14-2-1-3-15(10-14)22(20,21)19-7-4-13(5-8-19)11-18-9-6-17-12-18/h1-3,6,9-10,12-13H,4-5,7-8,11H2. The lowest BCUT2D eigenvalue weighted by Crippen LogP contribution is -2.39. The van der Waals surface area contributed by atoms with Crippen molar-refractivity contribution in [1.29, 1.82) is 0 Å². The van der Waals surface area contributed by atoms with Gasteiger partial charge in [-0.3, -0.25) is 0 Å². The molecule has 3 rings (SSSR count). The Morgan fingerprint density at radius 1 is 1.27 bits per heavy atom. The Bertz CT molecular complexity index is 723. The average molecular weight is 323 g/mol. The lowest BCUT2D eigenvalue weighted by atomic mass is 9.98. The third-order valence-corrected chi connectivity index (χ3v) is 5.93. The smallest absolute Gasteiger partial charge is 0.243 e. The molecule has 2 heterocycles. The Morgan fingerprint density at radius 3 is 2.68 bits per heavy atom. The summed E-state index contributed by atoms with van der Waals surface area (Å²) in [4.78, 5) is 4.04. The fourth-order valence-corrected chi connectivity index (χ4v) is 4.30. The Morgan fingerprint density at radius 2 is 2.05 bits per heavy atom. The van der Waals surface area contributed by atoms with E-state index in [0.717, 1.165) is 25.5 Å². The molecule has 1 aliphatic rings. The van der Waals surface area contributed by atoms with Gasteiger partial charge in [-0.05, 0) is 37.0 Å². The maximum Gasteiger partial charge on any atom is 0.243 e. The van der Waals surface area contributed by atoms with Gasteiger partial charge in [0.1, 0.15) is 5.82 Å². The van der Waals surface area contributed by atoms with Gasteiger partial charge in [-0.25, -0.2) is 17.8 Å². The SMILES string of the molecule is O=S(=O)(c1cccc(F)c1)N1CCC(Cn2ccnc2)CC1. The van der Waals surface area contributed by atoms with Crippen molar-refractivity contribution in [3.05, 3.63) is 48.8 Å². The Kier molecular flexibility index (Phi) is 4.26. The molecule has 0 N–H and O–H groups in total. The second-order valence-electron chi connectivity index (χ2n) is 5.56. The van der Waals surface area contributed by atoms with Gasteiger partial charge >= 0.3 is 0 Å². The Hall–Kier alpha value is -1.73. The van der Waals surface area contributed by atoms with Crippen molar-refractivity contribution in [2.75, 3.05) is 13.1 Å². The van der Waals surface area contributed by atoms with Crippen LogP contribution in [0.5, 0.6) is 0 Å². The summed E-state index contributed by atoms with van der Waals surface area (Å²) in [6.07, 6.45) is 7.02. The molecule has 1 aliphatic heterocycles. The molecular weight excluding hydrogens is 305 g/mol. The minimum Gasteiger partial charge on any atom is -0.337 e. The van der Waals surface area contributed by atoms with Crippen LogP contribution < -0.4 is 0 Å². The lowest BCUT2D eigenvalue weighted by molar-refractivity contribution is 0.253. The second kappa shape index (κ2) is 6.18. The maximum atomic E-state index is 13.2. The van der Waals surface area contributed by atoms with Crippen LogP contribution in [0.4, 0.5) is 4.39 Å². The number of aromatic nitrogens is 2. The zero-order valence-electron chi connectivity index (χ0n) is 12.1. The van der Waals surface area contributed by atoms with Crippen molar-refractivity contribution in [3.63, 3.8) is 0 Å². The van der Waals surface area contributed by atoms with E-state index in [9.17, 15) is 12.8 Å². The van der Waals surface area contributed by atoms with Crippen LogP contribution in [0.3, 0.4) is 0 Å². The van der Waals surface area contributed by atoms with E-state index >= 15 is 0 Å². The van der Waals surface area contributed by atoms with Crippen LogP contribution in [-0.4, -0.2) is 35.4 Å². The quantitative estimate of drug-likeness (QED) is 0.866. The van der Waals surface area contributed by atoms with E-state index in [-0.39, 0.29) is 4.90 Å². The molecule has 0 atom stereocenters. The van der Waals surface area contributed by atoms with Crippen LogP contribution in [-0.2, 0) is 16.6 Å². The number of rotatable bonds is 4. The molecule has 0 amide bonds. The van der Waals surface area contributed by atoms with E-state index < -0.39 is 15.8 Å². The molecule has 1 aromatic heterocycles. The van der Waals surface area contributed by atoms with Gasteiger partial charge in [-0.2, -0.15) is 4.31 Å². The van der Waals surface area contributed by atoms with Gasteiger partial charge in [0, 0.05) is 32.0 Å². The fraction of sp³-hybridized carbons (Fsp3) is 0.400. The summed E-state index contributed by atoms with van der Waals surface area (Å²) >= 11 is 0. The van der Waals surface area contributed by atoms with E-state index in [1.54, 1.807) is 12.5 Å². The average Bonchev–Trinajstić information content (AvgIpc) is 3.01. The van der Waals surface area contributed by atoms with Crippen molar-refractivity contribution in [3.8, 4) is 0 Å². The molecule has 0 radical (unpaired) electrons. The summed E-state index contributed by atoms with van der Waals surface area (Å²) in [5.74, 6) is -0.0933. The molecule has 0 bridgehead atoms. The first-order valence-corrected chi connectivity index (χ1v) is 8.71. The van der Waals surface area contributed by atoms with Gasteiger partial charge < -0.3 is 4.57 Å². The summed E-state index contributed by atoms with van der Waals surface area (Å²) < 4.78 is 41.7. The number of nitrogens with zero attached hydrogens (tertiary/aromatic N) is 3. The Labute approximate surface area is 129 Å². The lowest BCUT2D eigenvalue weighted by Gasteiger charge is -2.31. The molecule has 1 fully saturated rings. The summed E-state index contributed by atoms with van der Waals surface area (Å²) in [5.41, 5.74) is 0. The molecule has 0 spiro atoms. The minimum atomic E-state index is -3.60. The number of hydrogen-bond donors (Lipinski definition) is 0. The van der Waals surface area contributed by atoms with Crippen LogP contribution in [0.2, 0.25) is 0 Å². The van der Waals surface area contributed by atoms with E-state index in [0.29, 0.717) is 19.0 Å². The van der Waals surface area contributed by atoms with Crippen LogP contribution in [0.25, 0.3) is 0 Å². The highest BCUT2D eigenvalue weighted by atomic mass is 32.2. The van der Waals surface area contributed by atoms with Crippen LogP contribution >= 0.6 is 0 Å². The number of sulfonamides is 1. The molecule has 2 aromatic rings. The third kappa shape index (κ3) is 3.20. The van der Waals surface area contributed by atoms with Crippen LogP contribution in [0.15, 0.2) is 47.9 Å². The minimum absolute atomic E-state index is 0.0283. The summed E-state index contributed by atoms with van der Waals surface area (Å²) in [6.45, 7) is 1.80. The van der Waals surface area contributed by atoms with Crippen LogP contribution in [0, 0.1) is 11.7 Å². The van der Waals surface area contributed by atoms with Gasteiger partial charge in [-0.1, -0.05) is 6.07 Å². The fourth-order valence-electron chi connectivity index (χ4n) is 2.80. The van der Waals surface area contributed by atoms with Gasteiger partial charge in [0.05, 0.1) is 11.2 Å². The molecule has 0 unspecified atom stereocenters. The summed E-state index contributed by atoms with van der Waals surface area (Å²) in [6, 6.07) is 5.19. The first-order chi connectivity index (χ1) is 10.6. The number of halogens is 1. The normalized spacial score (nSPS) is 17.7. The highest BCUT2D eigenvalue weighted by Crippen LogP contribution is 2.25. The maximum absolute atomic E-state index is 13.2. The van der Waals surface area contributed by atoms with Gasteiger partial charge in [0.15, 0.2) is 0 Å². The predicted molar refractivity (Wildman–Crippen MR) is 80.1 cm³/mol. The molecule has 0 aliphatic carbocycles. The molecule has 22 heavy (non-hydrogen) atoms. The number of benzene rings is 1. The topological polar surface area (TPSA) is 55.2 Å². The third-order valence-electron chi connectivity index (χ3n) is 4.04. The van der Waals surface area contributed by atoms with Crippen molar-refractivity contribution in [2.45, 2.75) is 24.3 Å². The molecule has 7 heteroatoms. The summed E-state index contributed by atoms with van der Waals surface area (Å²) in [7, 11) is -3.60. The Balaban J connectivity index is 1.65. The van der Waals surface area contributed by atoms with Crippen molar-refractivity contribution >= 4 is 10.0 Å². The van der Waals surface area contributed by atoms with E-state index in [2.05, 4.69) is 4.98 Å². The van der Waals surface area contributed by atoms with Crippen molar-refractivity contribution in [1.82, 2.24) is 13.9 Å². The largest absolute Gasteiger partial charge is 0.337 e. The summed E-state index contributed by atoms with van der Waals surface area (Å²) in [5, 5.41) is 0. The molecule has 1 aromatic carbocycles. The predicted octanol–water partition coefficient (Wildman–Crippen LogP) is 2.12. The van der Waals surface area contributed by atoms with Crippen molar-refractivity contribution < 1.29 is 12.8 Å². The van der Waals surface area contributed by atoms with Crippen molar-refractivity contribution in [2.24, 2.45) is 5.92 Å².